The molecule has 0 N–H and O–H groups in total. The molecule has 1 atom stereocenters. The Labute approximate surface area is 60.4 Å². The van der Waals surface area contributed by atoms with Crippen molar-refractivity contribution in [1.82, 2.24) is 4.81 Å². The fourth-order valence-electron chi connectivity index (χ4n) is 0.953. The van der Waals surface area contributed by atoms with Gasteiger partial charge in [0.1, 0.15) is 5.78 Å². The molecule has 0 amide bonds. The fourth-order valence-corrected chi connectivity index (χ4v) is 2.24. The molecular formula is C5H10BNOS. The second kappa shape index (κ2) is 2.75. The molecule has 1 saturated heterocycles. The van der Waals surface area contributed by atoms with Crippen molar-refractivity contribution in [3.63, 3.8) is 0 Å². The van der Waals surface area contributed by atoms with Crippen LogP contribution in [-0.4, -0.2) is 36.2 Å². The van der Waals surface area contributed by atoms with Crippen LogP contribution in [0.15, 0.2) is 0 Å². The molecular weight excluding hydrogens is 133 g/mol. The molecule has 0 saturated carbocycles. The van der Waals surface area contributed by atoms with Crippen LogP contribution in [0.1, 0.15) is 6.92 Å². The van der Waals surface area contributed by atoms with Gasteiger partial charge in [0.15, 0.2) is 7.98 Å². The number of hydrogen-bond donors (Lipinski definition) is 0. The second-order valence-corrected chi connectivity index (χ2v) is 3.38. The molecule has 0 spiro atoms. The van der Waals surface area contributed by atoms with Crippen molar-refractivity contribution < 1.29 is 4.79 Å². The Kier molecular flexibility index (Phi) is 2.19. The molecule has 1 aliphatic heterocycles. The summed E-state index contributed by atoms with van der Waals surface area (Å²) in [7, 11) is 1.99. The molecule has 0 unspecified atom stereocenters. The molecule has 2 nitrogen and oxygen atoms in total. The summed E-state index contributed by atoms with van der Waals surface area (Å²) in [6.07, 6.45) is 0. The Bertz CT molecular complexity index is 130. The van der Waals surface area contributed by atoms with E-state index < -0.39 is 0 Å². The maximum absolute atomic E-state index is 10.8. The van der Waals surface area contributed by atoms with Gasteiger partial charge in [0.25, 0.3) is 0 Å². The predicted octanol–water partition coefficient (Wildman–Crippen LogP) is -0.502. The van der Waals surface area contributed by atoms with Gasteiger partial charge in [-0.25, -0.2) is 0 Å². The average molecular weight is 143 g/mol. The van der Waals surface area contributed by atoms with E-state index in [1.807, 2.05) is 19.7 Å². The van der Waals surface area contributed by atoms with Crippen LogP contribution in [-0.2, 0) is 4.79 Å². The second-order valence-electron chi connectivity index (χ2n) is 2.38. The van der Waals surface area contributed by atoms with E-state index in [0.29, 0.717) is 5.78 Å². The van der Waals surface area contributed by atoms with E-state index in [4.69, 9.17) is 0 Å². The van der Waals surface area contributed by atoms with Gasteiger partial charge in [0.05, 0.1) is 6.04 Å². The zero-order valence-electron chi connectivity index (χ0n) is 5.76. The molecule has 4 heteroatoms. The number of carbonyl (C=O) groups excluding carboxylic acids is 1. The van der Waals surface area contributed by atoms with E-state index in [9.17, 15) is 4.79 Å². The van der Waals surface area contributed by atoms with Crippen molar-refractivity contribution >= 4 is 25.5 Å². The minimum atomic E-state index is 0.190. The normalized spacial score (nSPS) is 28.8. The van der Waals surface area contributed by atoms with Crippen LogP contribution in [0, 0.1) is 0 Å². The van der Waals surface area contributed by atoms with Crippen molar-refractivity contribution in [3.8, 4) is 0 Å². The number of carbonyl (C=O) groups is 1. The summed E-state index contributed by atoms with van der Waals surface area (Å²) in [6, 6.07) is 0.190. The lowest BCUT2D eigenvalue weighted by Crippen LogP contribution is -2.34. The SMILES string of the molecule is BN1CSC[C@H]1C(C)=O. The first-order valence-electron chi connectivity index (χ1n) is 3.00. The Balaban J connectivity index is 2.49. The van der Waals surface area contributed by atoms with E-state index >= 15 is 0 Å². The van der Waals surface area contributed by atoms with Crippen molar-refractivity contribution in [2.75, 3.05) is 11.6 Å². The van der Waals surface area contributed by atoms with Crippen LogP contribution in [0.2, 0.25) is 0 Å². The lowest BCUT2D eigenvalue weighted by molar-refractivity contribution is -0.119. The average Bonchev–Trinajstić information content (AvgIpc) is 2.13. The zero-order valence-corrected chi connectivity index (χ0v) is 6.57. The third kappa shape index (κ3) is 1.49. The lowest BCUT2D eigenvalue weighted by atomic mass is 10.1. The highest BCUT2D eigenvalue weighted by Gasteiger charge is 2.24. The van der Waals surface area contributed by atoms with Gasteiger partial charge in [0, 0.05) is 11.6 Å². The Morgan fingerprint density at radius 1 is 1.89 bits per heavy atom. The Morgan fingerprint density at radius 3 is 2.78 bits per heavy atom. The quantitative estimate of drug-likeness (QED) is 0.461. The lowest BCUT2D eigenvalue weighted by Gasteiger charge is -2.14. The molecule has 50 valence electrons. The van der Waals surface area contributed by atoms with E-state index in [1.54, 1.807) is 6.92 Å². The first-order chi connectivity index (χ1) is 4.22. The maximum atomic E-state index is 10.8. The van der Waals surface area contributed by atoms with E-state index in [1.165, 1.54) is 0 Å². The zero-order chi connectivity index (χ0) is 6.85. The van der Waals surface area contributed by atoms with Crippen LogP contribution in [0.25, 0.3) is 0 Å². The summed E-state index contributed by atoms with van der Waals surface area (Å²) in [6.45, 7) is 1.66. The third-order valence-electron chi connectivity index (χ3n) is 1.57. The molecule has 1 heterocycles. The summed E-state index contributed by atoms with van der Waals surface area (Å²) >= 11 is 1.82. The first kappa shape index (κ1) is 7.16. The highest BCUT2D eigenvalue weighted by Crippen LogP contribution is 2.18. The summed E-state index contributed by atoms with van der Waals surface area (Å²) < 4.78 is 0. The number of nitrogens with zero attached hydrogens (tertiary/aromatic N) is 1. The summed E-state index contributed by atoms with van der Waals surface area (Å²) in [5.41, 5.74) is 0. The van der Waals surface area contributed by atoms with Gasteiger partial charge in [0.2, 0.25) is 0 Å². The van der Waals surface area contributed by atoms with Crippen LogP contribution < -0.4 is 0 Å². The van der Waals surface area contributed by atoms with Gasteiger partial charge in [-0.3, -0.25) is 4.79 Å². The Hall–Kier alpha value is 0.0449. The minimum absolute atomic E-state index is 0.190. The molecule has 0 radical (unpaired) electrons. The fraction of sp³-hybridized carbons (Fsp3) is 0.800. The molecule has 1 aliphatic rings. The van der Waals surface area contributed by atoms with Crippen molar-refractivity contribution in [2.45, 2.75) is 13.0 Å². The largest absolute Gasteiger partial charge is 0.331 e. The summed E-state index contributed by atoms with van der Waals surface area (Å²) in [5, 5.41) is 0. The molecule has 0 bridgehead atoms. The van der Waals surface area contributed by atoms with E-state index in [-0.39, 0.29) is 6.04 Å². The first-order valence-corrected chi connectivity index (χ1v) is 4.15. The van der Waals surface area contributed by atoms with Gasteiger partial charge < -0.3 is 4.81 Å². The molecule has 0 aromatic carbocycles. The van der Waals surface area contributed by atoms with Crippen molar-refractivity contribution in [2.24, 2.45) is 0 Å². The van der Waals surface area contributed by atoms with E-state index in [0.717, 1.165) is 11.6 Å². The monoisotopic (exact) mass is 143 g/mol. The molecule has 9 heavy (non-hydrogen) atoms. The van der Waals surface area contributed by atoms with E-state index in [2.05, 4.69) is 4.81 Å². The molecule has 0 aromatic heterocycles. The number of rotatable bonds is 1. The van der Waals surface area contributed by atoms with Gasteiger partial charge in [-0.1, -0.05) is 0 Å². The smallest absolute Gasteiger partial charge is 0.187 e. The molecule has 1 rings (SSSR count). The number of hydrogen-bond acceptors (Lipinski definition) is 3. The summed E-state index contributed by atoms with van der Waals surface area (Å²) in [5.74, 6) is 2.28. The highest BCUT2D eigenvalue weighted by molar-refractivity contribution is 7.99. The van der Waals surface area contributed by atoms with Gasteiger partial charge >= 0.3 is 0 Å². The predicted molar refractivity (Wildman–Crippen MR) is 42.2 cm³/mol. The highest BCUT2D eigenvalue weighted by atomic mass is 32.2. The third-order valence-corrected chi connectivity index (χ3v) is 2.71. The van der Waals surface area contributed by atoms with Gasteiger partial charge in [-0.2, -0.15) is 0 Å². The number of ketones is 1. The van der Waals surface area contributed by atoms with Crippen LogP contribution >= 0.6 is 11.8 Å². The van der Waals surface area contributed by atoms with Gasteiger partial charge in [-0.05, 0) is 6.92 Å². The standard InChI is InChI=1S/C5H10BNOS/c1-4(8)5-2-9-3-7(5)6/h5H,2-3,6H2,1H3/t5-/m0/s1. The summed E-state index contributed by atoms with van der Waals surface area (Å²) in [4.78, 5) is 12.9. The van der Waals surface area contributed by atoms with Crippen molar-refractivity contribution in [3.05, 3.63) is 0 Å². The van der Waals surface area contributed by atoms with Crippen LogP contribution in [0.4, 0.5) is 0 Å². The van der Waals surface area contributed by atoms with Crippen LogP contribution in [0.3, 0.4) is 0 Å². The maximum Gasteiger partial charge on any atom is 0.187 e. The Morgan fingerprint density at radius 2 is 2.56 bits per heavy atom. The van der Waals surface area contributed by atoms with Crippen LogP contribution in [0.5, 0.6) is 0 Å². The molecule has 0 aliphatic carbocycles. The number of Topliss-reactive ketones (excluding diaryl/α,β-unsaturated/α-hetero) is 1. The molecule has 0 aromatic rings. The molecule has 1 fully saturated rings. The minimum Gasteiger partial charge on any atom is -0.331 e. The number of thioether (sulfide) groups is 1. The topological polar surface area (TPSA) is 20.3 Å². The van der Waals surface area contributed by atoms with Crippen molar-refractivity contribution in [1.29, 1.82) is 0 Å². The van der Waals surface area contributed by atoms with Gasteiger partial charge in [-0.15, -0.1) is 11.8 Å².